The third-order valence-corrected chi connectivity index (χ3v) is 7.18. The van der Waals surface area contributed by atoms with Gasteiger partial charge in [-0.2, -0.15) is 0 Å². The molecule has 7 nitrogen and oxygen atoms in total. The first kappa shape index (κ1) is 25.8. The van der Waals surface area contributed by atoms with Gasteiger partial charge in [-0.1, -0.05) is 12.1 Å². The number of Topliss-reactive ketones (excluding diaryl/α,β-unsaturated/α-hetero) is 1. The Kier molecular flexibility index (Phi) is 7.14. The topological polar surface area (TPSA) is 89.3 Å². The van der Waals surface area contributed by atoms with Crippen LogP contribution >= 0.6 is 0 Å². The number of hydrogen-bond acceptors (Lipinski definition) is 5. The van der Waals surface area contributed by atoms with Crippen molar-refractivity contribution in [3.8, 4) is 0 Å². The summed E-state index contributed by atoms with van der Waals surface area (Å²) < 4.78 is 28.2. The maximum absolute atomic E-state index is 15.0. The number of hydrogen-bond donors (Lipinski definition) is 4. The maximum Gasteiger partial charge on any atom is 0.256 e. The number of fused-ring (bicyclic) bond motifs is 2. The first-order valence-electron chi connectivity index (χ1n) is 12.7. The highest BCUT2D eigenvalue weighted by molar-refractivity contribution is 6.35. The van der Waals surface area contributed by atoms with Crippen LogP contribution in [0.2, 0.25) is 0 Å². The van der Waals surface area contributed by atoms with Gasteiger partial charge in [0.15, 0.2) is 5.78 Å². The fourth-order valence-corrected chi connectivity index (χ4v) is 5.04. The van der Waals surface area contributed by atoms with Gasteiger partial charge in [0.1, 0.15) is 11.6 Å². The normalized spacial score (nSPS) is 17.9. The summed E-state index contributed by atoms with van der Waals surface area (Å²) in [6.07, 6.45) is 2.45. The van der Waals surface area contributed by atoms with E-state index in [0.717, 1.165) is 29.8 Å². The Morgan fingerprint density at radius 1 is 1.13 bits per heavy atom. The quantitative estimate of drug-likeness (QED) is 0.344. The molecule has 0 radical (unpaired) electrons. The molecule has 1 atom stereocenters. The van der Waals surface area contributed by atoms with E-state index in [0.29, 0.717) is 47.7 Å². The molecule has 1 amide bonds. The Bertz CT molecular complexity index is 1430. The van der Waals surface area contributed by atoms with E-state index in [9.17, 15) is 14.0 Å². The third-order valence-electron chi connectivity index (χ3n) is 7.18. The molecule has 3 aromatic rings. The minimum absolute atomic E-state index is 0.101. The molecular weight excluding hydrogens is 488 g/mol. The van der Waals surface area contributed by atoms with Gasteiger partial charge in [-0.15, -0.1) is 0 Å². The van der Waals surface area contributed by atoms with Crippen molar-refractivity contribution < 1.29 is 18.4 Å². The molecule has 0 bridgehead atoms. The van der Waals surface area contributed by atoms with E-state index in [1.54, 1.807) is 24.3 Å². The molecule has 4 N–H and O–H groups in total. The van der Waals surface area contributed by atoms with Crippen LogP contribution in [-0.4, -0.2) is 48.8 Å². The van der Waals surface area contributed by atoms with E-state index in [4.69, 9.17) is 0 Å². The van der Waals surface area contributed by atoms with Gasteiger partial charge in [0, 0.05) is 48.1 Å². The predicted octanol–water partition coefficient (Wildman–Crippen LogP) is 4.56. The lowest BCUT2D eigenvalue weighted by molar-refractivity contribution is -0.110. The molecule has 0 spiro atoms. The van der Waals surface area contributed by atoms with Crippen LogP contribution in [-0.2, 0) is 17.9 Å². The predicted molar refractivity (Wildman–Crippen MR) is 145 cm³/mol. The number of carbonyl (C=O) groups excluding carboxylic acids is 2. The van der Waals surface area contributed by atoms with Crippen LogP contribution in [0, 0.1) is 24.5 Å². The van der Waals surface area contributed by atoms with E-state index in [1.165, 1.54) is 18.2 Å². The molecular formula is C29H31F2N5O2. The number of rotatable bonds is 7. The highest BCUT2D eigenvalue weighted by Crippen LogP contribution is 2.37. The summed E-state index contributed by atoms with van der Waals surface area (Å²) in [5, 5.41) is 9.18. The summed E-state index contributed by atoms with van der Waals surface area (Å²) in [7, 11) is 3.98. The minimum atomic E-state index is -0.504. The number of H-pyrrole nitrogens is 1. The smallest absolute Gasteiger partial charge is 0.256 e. The second-order valence-electron chi connectivity index (χ2n) is 10.2. The van der Waals surface area contributed by atoms with Crippen molar-refractivity contribution in [2.75, 3.05) is 37.8 Å². The van der Waals surface area contributed by atoms with Crippen LogP contribution in [0.25, 0.3) is 11.6 Å². The summed E-state index contributed by atoms with van der Waals surface area (Å²) in [5.41, 5.74) is 5.24. The molecule has 2 aromatic carbocycles. The summed E-state index contributed by atoms with van der Waals surface area (Å²) in [5.74, 6) is -1.20. The van der Waals surface area contributed by atoms with Gasteiger partial charge in [-0.05, 0) is 75.5 Å². The Labute approximate surface area is 220 Å². The SMILES string of the molecule is Cc1c(/C=C2\C(=O)Nc3cc(NCc4ccc(F)cc4)c(F)cc32)[nH]c2c1C(=O)C(CCN(C)C)CNC2. The number of nitrogens with zero attached hydrogens (tertiary/aromatic N) is 1. The molecule has 2 aliphatic heterocycles. The second kappa shape index (κ2) is 10.5. The lowest BCUT2D eigenvalue weighted by atomic mass is 9.93. The number of carbonyl (C=O) groups is 2. The van der Waals surface area contributed by atoms with E-state index in [1.807, 2.05) is 21.0 Å². The fourth-order valence-electron chi connectivity index (χ4n) is 5.04. The van der Waals surface area contributed by atoms with Crippen molar-refractivity contribution in [3.63, 3.8) is 0 Å². The number of nitrogens with one attached hydrogen (secondary N) is 4. The number of benzene rings is 2. The summed E-state index contributed by atoms with van der Waals surface area (Å²) in [4.78, 5) is 31.7. The maximum atomic E-state index is 15.0. The van der Waals surface area contributed by atoms with Crippen molar-refractivity contribution in [3.05, 3.63) is 81.7 Å². The Morgan fingerprint density at radius 3 is 2.63 bits per heavy atom. The molecule has 3 heterocycles. The summed E-state index contributed by atoms with van der Waals surface area (Å²) in [6, 6.07) is 8.85. The molecule has 1 aromatic heterocycles. The zero-order valence-corrected chi connectivity index (χ0v) is 21.7. The largest absolute Gasteiger partial charge is 0.379 e. The number of halogens is 2. The van der Waals surface area contributed by atoms with Gasteiger partial charge in [0.05, 0.1) is 16.9 Å². The van der Waals surface area contributed by atoms with Crippen molar-refractivity contribution >= 4 is 34.7 Å². The molecule has 38 heavy (non-hydrogen) atoms. The zero-order valence-electron chi connectivity index (χ0n) is 21.7. The molecule has 1 unspecified atom stereocenters. The Hall–Kier alpha value is -3.82. The van der Waals surface area contributed by atoms with Crippen LogP contribution in [0.15, 0.2) is 36.4 Å². The Balaban J connectivity index is 1.41. The fraction of sp³-hybridized carbons (Fsp3) is 0.310. The van der Waals surface area contributed by atoms with Crippen molar-refractivity contribution in [2.45, 2.75) is 26.4 Å². The first-order valence-corrected chi connectivity index (χ1v) is 12.7. The number of aromatic nitrogens is 1. The molecule has 2 aliphatic rings. The first-order chi connectivity index (χ1) is 18.2. The van der Waals surface area contributed by atoms with E-state index in [2.05, 4.69) is 25.8 Å². The average Bonchev–Trinajstić information content (AvgIpc) is 3.29. The third kappa shape index (κ3) is 5.12. The van der Waals surface area contributed by atoms with Crippen molar-refractivity contribution in [2.24, 2.45) is 5.92 Å². The van der Waals surface area contributed by atoms with Crippen LogP contribution in [0.1, 0.15) is 44.9 Å². The monoisotopic (exact) mass is 519 g/mol. The van der Waals surface area contributed by atoms with Gasteiger partial charge < -0.3 is 25.8 Å². The van der Waals surface area contributed by atoms with Crippen molar-refractivity contribution in [1.29, 1.82) is 0 Å². The highest BCUT2D eigenvalue weighted by Gasteiger charge is 2.31. The molecule has 0 saturated heterocycles. The van der Waals surface area contributed by atoms with Gasteiger partial charge in [0.25, 0.3) is 5.91 Å². The van der Waals surface area contributed by atoms with Gasteiger partial charge in [-0.3, -0.25) is 9.59 Å². The molecule has 9 heteroatoms. The van der Waals surface area contributed by atoms with Crippen molar-refractivity contribution in [1.82, 2.24) is 15.2 Å². The van der Waals surface area contributed by atoms with Gasteiger partial charge in [-0.25, -0.2) is 8.78 Å². The van der Waals surface area contributed by atoms with Crippen LogP contribution in [0.3, 0.4) is 0 Å². The van der Waals surface area contributed by atoms with Gasteiger partial charge in [0.2, 0.25) is 0 Å². The number of anilines is 2. The molecule has 0 aliphatic carbocycles. The van der Waals surface area contributed by atoms with E-state index < -0.39 is 5.82 Å². The lowest BCUT2D eigenvalue weighted by Gasteiger charge is -2.16. The second-order valence-corrected chi connectivity index (χ2v) is 10.2. The molecule has 0 saturated carbocycles. The van der Waals surface area contributed by atoms with Crippen LogP contribution in [0.4, 0.5) is 20.2 Å². The standard InChI is InChI=1S/C29H31F2N5O2/c1-16-23(34-26-15-32-14-18(8-9-36(2)3)28(37)27(16)26)11-21-20-10-22(31)25(12-24(20)35-29(21)38)33-13-17-4-6-19(30)7-5-17/h4-7,10-12,18,32-34H,8-9,13-15H2,1-3H3,(H,35,38)/b21-11-. The highest BCUT2D eigenvalue weighted by atomic mass is 19.1. The zero-order chi connectivity index (χ0) is 27.0. The number of aromatic amines is 1. The van der Waals surface area contributed by atoms with Crippen LogP contribution < -0.4 is 16.0 Å². The van der Waals surface area contributed by atoms with E-state index in [-0.39, 0.29) is 29.1 Å². The molecule has 198 valence electrons. The van der Waals surface area contributed by atoms with Crippen LogP contribution in [0.5, 0.6) is 0 Å². The summed E-state index contributed by atoms with van der Waals surface area (Å²) in [6.45, 7) is 4.15. The summed E-state index contributed by atoms with van der Waals surface area (Å²) >= 11 is 0. The average molecular weight is 520 g/mol. The Morgan fingerprint density at radius 2 is 1.89 bits per heavy atom. The molecule has 5 rings (SSSR count). The van der Waals surface area contributed by atoms with E-state index >= 15 is 4.39 Å². The molecule has 0 fully saturated rings. The minimum Gasteiger partial charge on any atom is -0.379 e. The lowest BCUT2D eigenvalue weighted by Crippen LogP contribution is -2.28. The number of ketones is 1. The number of amides is 1. The van der Waals surface area contributed by atoms with Gasteiger partial charge >= 0.3 is 0 Å².